The predicted octanol–water partition coefficient (Wildman–Crippen LogP) is 7.81. The van der Waals surface area contributed by atoms with E-state index in [0.29, 0.717) is 5.39 Å². The van der Waals surface area contributed by atoms with Gasteiger partial charge in [-0.2, -0.15) is 0 Å². The summed E-state index contributed by atoms with van der Waals surface area (Å²) < 4.78 is 42.3. The smallest absolute Gasteiger partial charge is 0.138 e. The lowest BCUT2D eigenvalue weighted by Gasteiger charge is -2.11. The molecule has 0 fully saturated rings. The lowest BCUT2D eigenvalue weighted by molar-refractivity contribution is 0.583. The topological polar surface area (TPSA) is 0 Å². The van der Waals surface area contributed by atoms with Crippen LogP contribution in [0.25, 0.3) is 32.7 Å². The Labute approximate surface area is 162 Å². The summed E-state index contributed by atoms with van der Waals surface area (Å²) in [7, 11) is 0. The number of hydrogen-bond donors (Lipinski definition) is 0. The molecule has 0 aromatic heterocycles. The molecule has 0 heterocycles. The highest BCUT2D eigenvalue weighted by Gasteiger charge is 2.13. The summed E-state index contributed by atoms with van der Waals surface area (Å²) in [5.74, 6) is -1.90. The van der Waals surface area contributed by atoms with Gasteiger partial charge in [-0.15, -0.1) is 0 Å². The molecule has 4 aromatic rings. The zero-order valence-corrected chi connectivity index (χ0v) is 15.7. The zero-order chi connectivity index (χ0) is 19.7. The van der Waals surface area contributed by atoms with Crippen molar-refractivity contribution < 1.29 is 13.2 Å². The fourth-order valence-corrected chi connectivity index (χ4v) is 3.83. The highest BCUT2D eigenvalue weighted by Crippen LogP contribution is 2.34. The Bertz CT molecular complexity index is 1140. The van der Waals surface area contributed by atoms with Crippen LogP contribution in [-0.4, -0.2) is 0 Å². The molecule has 0 atom stereocenters. The Balaban J connectivity index is 1.80. The standard InChI is InChI=1S/C25H21F3/c1-2-3-4-5-16-6-8-21-17(12-16)7-9-24-23(21)11-10-22(25(24)28)18-13-19(26)15-20(27)14-18/h6-15H,2-5H2,1H3. The zero-order valence-electron chi connectivity index (χ0n) is 15.7. The van der Waals surface area contributed by atoms with E-state index in [-0.39, 0.29) is 11.1 Å². The highest BCUT2D eigenvalue weighted by molar-refractivity contribution is 6.08. The minimum Gasteiger partial charge on any atom is -0.207 e. The second kappa shape index (κ2) is 7.67. The first-order valence-electron chi connectivity index (χ1n) is 9.67. The van der Waals surface area contributed by atoms with E-state index < -0.39 is 17.5 Å². The SMILES string of the molecule is CCCCCc1ccc2c(ccc3c(F)c(-c4cc(F)cc(F)c4)ccc32)c1. The van der Waals surface area contributed by atoms with Gasteiger partial charge in [0.1, 0.15) is 17.5 Å². The summed E-state index contributed by atoms with van der Waals surface area (Å²) in [6, 6.07) is 16.5. The third kappa shape index (κ3) is 3.49. The van der Waals surface area contributed by atoms with E-state index in [4.69, 9.17) is 0 Å². The molecular weight excluding hydrogens is 357 g/mol. The molecule has 0 spiro atoms. The van der Waals surface area contributed by atoms with Crippen LogP contribution in [0.2, 0.25) is 0 Å². The minimum absolute atomic E-state index is 0.196. The van der Waals surface area contributed by atoms with Crippen LogP contribution in [0, 0.1) is 17.5 Å². The maximum atomic E-state index is 15.2. The monoisotopic (exact) mass is 378 g/mol. The van der Waals surface area contributed by atoms with Crippen molar-refractivity contribution in [3.05, 3.63) is 83.7 Å². The summed E-state index contributed by atoms with van der Waals surface area (Å²) in [4.78, 5) is 0. The maximum absolute atomic E-state index is 15.2. The second-order valence-corrected chi connectivity index (χ2v) is 7.26. The van der Waals surface area contributed by atoms with Crippen molar-refractivity contribution in [1.29, 1.82) is 0 Å². The fourth-order valence-electron chi connectivity index (χ4n) is 3.83. The average Bonchev–Trinajstić information content (AvgIpc) is 2.67. The van der Waals surface area contributed by atoms with E-state index in [0.717, 1.165) is 47.2 Å². The molecule has 4 rings (SSSR count). The largest absolute Gasteiger partial charge is 0.207 e. The molecule has 142 valence electrons. The number of unbranched alkanes of at least 4 members (excludes halogenated alkanes) is 2. The van der Waals surface area contributed by atoms with E-state index in [9.17, 15) is 8.78 Å². The molecule has 0 bridgehead atoms. The van der Waals surface area contributed by atoms with Gasteiger partial charge in [0.15, 0.2) is 0 Å². The summed E-state index contributed by atoms with van der Waals surface area (Å²) in [6.07, 6.45) is 4.61. The Kier molecular flexibility index (Phi) is 5.08. The van der Waals surface area contributed by atoms with Crippen LogP contribution in [0.1, 0.15) is 31.7 Å². The van der Waals surface area contributed by atoms with Crippen molar-refractivity contribution in [2.45, 2.75) is 32.6 Å². The van der Waals surface area contributed by atoms with Crippen molar-refractivity contribution >= 4 is 21.5 Å². The number of fused-ring (bicyclic) bond motifs is 3. The van der Waals surface area contributed by atoms with Gasteiger partial charge in [0.2, 0.25) is 0 Å². The normalized spacial score (nSPS) is 11.4. The molecule has 0 radical (unpaired) electrons. The van der Waals surface area contributed by atoms with Crippen LogP contribution in [0.5, 0.6) is 0 Å². The van der Waals surface area contributed by atoms with Crippen LogP contribution < -0.4 is 0 Å². The molecular formula is C25H21F3. The third-order valence-electron chi connectivity index (χ3n) is 5.26. The van der Waals surface area contributed by atoms with Gasteiger partial charge in [-0.3, -0.25) is 0 Å². The van der Waals surface area contributed by atoms with Gasteiger partial charge in [0.25, 0.3) is 0 Å². The Morgan fingerprint density at radius 3 is 2.14 bits per heavy atom. The summed E-state index contributed by atoms with van der Waals surface area (Å²) in [5.41, 5.74) is 1.68. The first-order valence-corrected chi connectivity index (χ1v) is 9.67. The number of rotatable bonds is 5. The molecule has 28 heavy (non-hydrogen) atoms. The van der Waals surface area contributed by atoms with Crippen LogP contribution in [-0.2, 0) is 6.42 Å². The highest BCUT2D eigenvalue weighted by atomic mass is 19.1. The molecule has 0 saturated heterocycles. The second-order valence-electron chi connectivity index (χ2n) is 7.26. The van der Waals surface area contributed by atoms with Gasteiger partial charge in [0, 0.05) is 17.0 Å². The van der Waals surface area contributed by atoms with Crippen LogP contribution in [0.15, 0.2) is 60.7 Å². The van der Waals surface area contributed by atoms with Crippen molar-refractivity contribution in [3.8, 4) is 11.1 Å². The summed E-state index contributed by atoms with van der Waals surface area (Å²) in [6.45, 7) is 2.19. The fraction of sp³-hybridized carbons (Fsp3) is 0.200. The van der Waals surface area contributed by atoms with Gasteiger partial charge in [-0.25, -0.2) is 13.2 Å². The van der Waals surface area contributed by atoms with Gasteiger partial charge >= 0.3 is 0 Å². The van der Waals surface area contributed by atoms with Gasteiger partial charge in [0.05, 0.1) is 0 Å². The summed E-state index contributed by atoms with van der Waals surface area (Å²) in [5, 5.41) is 3.31. The van der Waals surface area contributed by atoms with Gasteiger partial charge in [-0.1, -0.05) is 62.2 Å². The van der Waals surface area contributed by atoms with Crippen LogP contribution in [0.3, 0.4) is 0 Å². The summed E-state index contributed by atoms with van der Waals surface area (Å²) >= 11 is 0. The van der Waals surface area contributed by atoms with E-state index >= 15 is 4.39 Å². The number of aryl methyl sites for hydroxylation is 1. The first-order chi connectivity index (χ1) is 13.6. The van der Waals surface area contributed by atoms with Crippen molar-refractivity contribution in [1.82, 2.24) is 0 Å². The number of benzene rings is 4. The van der Waals surface area contributed by atoms with Crippen molar-refractivity contribution in [2.24, 2.45) is 0 Å². The lowest BCUT2D eigenvalue weighted by Crippen LogP contribution is -1.91. The molecule has 0 amide bonds. The van der Waals surface area contributed by atoms with E-state index in [1.807, 2.05) is 18.2 Å². The molecule has 3 heteroatoms. The quantitative estimate of drug-likeness (QED) is 0.245. The van der Waals surface area contributed by atoms with Crippen LogP contribution in [0.4, 0.5) is 13.2 Å². The predicted molar refractivity (Wildman–Crippen MR) is 110 cm³/mol. The number of hydrogen-bond acceptors (Lipinski definition) is 0. The molecule has 4 aromatic carbocycles. The Hall–Kier alpha value is -2.81. The molecule has 0 aliphatic heterocycles. The first kappa shape index (κ1) is 18.5. The molecule has 0 aliphatic carbocycles. The van der Waals surface area contributed by atoms with E-state index in [1.165, 1.54) is 18.4 Å². The van der Waals surface area contributed by atoms with Gasteiger partial charge < -0.3 is 0 Å². The lowest BCUT2D eigenvalue weighted by atomic mass is 9.95. The molecule has 0 nitrogen and oxygen atoms in total. The third-order valence-corrected chi connectivity index (χ3v) is 5.26. The molecule has 0 saturated carbocycles. The van der Waals surface area contributed by atoms with E-state index in [2.05, 4.69) is 19.1 Å². The van der Waals surface area contributed by atoms with Crippen molar-refractivity contribution in [3.63, 3.8) is 0 Å². The Morgan fingerprint density at radius 1 is 0.679 bits per heavy atom. The molecule has 0 aliphatic rings. The van der Waals surface area contributed by atoms with Gasteiger partial charge in [-0.05, 0) is 52.3 Å². The Morgan fingerprint density at radius 2 is 1.39 bits per heavy atom. The number of halogens is 3. The average molecular weight is 378 g/mol. The van der Waals surface area contributed by atoms with Crippen molar-refractivity contribution in [2.75, 3.05) is 0 Å². The maximum Gasteiger partial charge on any atom is 0.138 e. The molecule has 0 unspecified atom stereocenters. The van der Waals surface area contributed by atoms with E-state index in [1.54, 1.807) is 12.1 Å². The van der Waals surface area contributed by atoms with Crippen LogP contribution >= 0.6 is 0 Å². The minimum atomic E-state index is -0.719. The molecule has 0 N–H and O–H groups in total.